The molecule has 2 aromatic heterocycles. The molecule has 1 saturated heterocycles. The Hall–Kier alpha value is -2.89. The molecule has 1 unspecified atom stereocenters. The number of carbonyl (C=O) groups excluding carboxylic acids is 1. The number of aromatic nitrogens is 2. The van der Waals surface area contributed by atoms with Gasteiger partial charge in [-0.15, -0.1) is 0 Å². The van der Waals surface area contributed by atoms with E-state index in [2.05, 4.69) is 16.9 Å². The van der Waals surface area contributed by atoms with Crippen LogP contribution in [0.3, 0.4) is 0 Å². The van der Waals surface area contributed by atoms with Gasteiger partial charge in [0.2, 0.25) is 5.91 Å². The average molecular weight is 295 g/mol. The molecule has 0 radical (unpaired) electrons. The van der Waals surface area contributed by atoms with E-state index in [0.29, 0.717) is 40.3 Å². The summed E-state index contributed by atoms with van der Waals surface area (Å²) in [6.07, 6.45) is 2.81. The van der Waals surface area contributed by atoms with Gasteiger partial charge in [0.05, 0.1) is 5.39 Å². The maximum absolute atomic E-state index is 12.7. The number of hydrogen-bond acceptors (Lipinski definition) is 3. The Labute approximate surface area is 124 Å². The number of allylic oxidation sites excluding steroid dienone is 1. The summed E-state index contributed by atoms with van der Waals surface area (Å²) in [5.74, 6) is -0.245. The van der Waals surface area contributed by atoms with Crippen molar-refractivity contribution in [3.8, 4) is 0 Å². The summed E-state index contributed by atoms with van der Waals surface area (Å²) >= 11 is 0. The van der Waals surface area contributed by atoms with E-state index < -0.39 is 6.04 Å². The summed E-state index contributed by atoms with van der Waals surface area (Å²) in [5, 5.41) is 4.45. The molecule has 0 aliphatic carbocycles. The fourth-order valence-electron chi connectivity index (χ4n) is 3.21. The first-order chi connectivity index (χ1) is 10.6. The van der Waals surface area contributed by atoms with Crippen LogP contribution in [-0.4, -0.2) is 15.5 Å². The molecule has 1 fully saturated rings. The van der Waals surface area contributed by atoms with Gasteiger partial charge in [0.25, 0.3) is 5.56 Å². The molecule has 1 amide bonds. The van der Waals surface area contributed by atoms with Crippen molar-refractivity contribution in [3.05, 3.63) is 57.2 Å². The highest BCUT2D eigenvalue weighted by Gasteiger charge is 2.29. The van der Waals surface area contributed by atoms with Gasteiger partial charge >= 0.3 is 0 Å². The number of piperidine rings is 1. The number of pyridine rings is 1. The van der Waals surface area contributed by atoms with Gasteiger partial charge in [-0.05, 0) is 36.4 Å². The van der Waals surface area contributed by atoms with Gasteiger partial charge in [-0.1, -0.05) is 6.58 Å². The van der Waals surface area contributed by atoms with Crippen LogP contribution in [0.2, 0.25) is 0 Å². The molecule has 0 spiro atoms. The van der Waals surface area contributed by atoms with Crippen LogP contribution in [0.4, 0.5) is 0 Å². The molecule has 110 valence electrons. The Morgan fingerprint density at radius 1 is 1.23 bits per heavy atom. The van der Waals surface area contributed by atoms with Crippen molar-refractivity contribution in [1.29, 1.82) is 0 Å². The van der Waals surface area contributed by atoms with E-state index in [1.165, 1.54) is 16.7 Å². The zero-order valence-corrected chi connectivity index (χ0v) is 11.7. The van der Waals surface area contributed by atoms with Crippen LogP contribution in [0.25, 0.3) is 21.8 Å². The van der Waals surface area contributed by atoms with Crippen LogP contribution in [0, 0.1) is 0 Å². The lowest BCUT2D eigenvalue weighted by Gasteiger charge is -2.24. The number of benzene rings is 1. The molecule has 6 nitrogen and oxygen atoms in total. The van der Waals surface area contributed by atoms with Gasteiger partial charge in [0, 0.05) is 17.3 Å². The monoisotopic (exact) mass is 295 g/mol. The van der Waals surface area contributed by atoms with Crippen molar-refractivity contribution in [2.45, 2.75) is 18.9 Å². The second-order valence-corrected chi connectivity index (χ2v) is 5.58. The normalized spacial score (nSPS) is 19.0. The highest BCUT2D eigenvalue weighted by molar-refractivity contribution is 6.08. The van der Waals surface area contributed by atoms with Crippen LogP contribution in [0.15, 0.2) is 46.3 Å². The van der Waals surface area contributed by atoms with E-state index in [9.17, 15) is 14.4 Å². The molecule has 0 saturated carbocycles. The molecule has 1 aliphatic heterocycles. The van der Waals surface area contributed by atoms with Gasteiger partial charge in [0.15, 0.2) is 5.43 Å². The van der Waals surface area contributed by atoms with Crippen LogP contribution in [0.1, 0.15) is 18.9 Å². The van der Waals surface area contributed by atoms with Crippen molar-refractivity contribution in [2.75, 3.05) is 0 Å². The Balaban J connectivity index is 2.07. The Bertz CT molecular complexity index is 1040. The molecule has 3 heterocycles. The van der Waals surface area contributed by atoms with Crippen LogP contribution in [-0.2, 0) is 4.79 Å². The van der Waals surface area contributed by atoms with Gasteiger partial charge in [-0.2, -0.15) is 0 Å². The van der Waals surface area contributed by atoms with E-state index in [-0.39, 0.29) is 16.9 Å². The number of nitrogens with zero attached hydrogens (tertiary/aromatic N) is 1. The first-order valence-electron chi connectivity index (χ1n) is 7.04. The quantitative estimate of drug-likeness (QED) is 0.708. The fraction of sp³-hybridized carbons (Fsp3) is 0.188. The summed E-state index contributed by atoms with van der Waals surface area (Å²) in [5.41, 5.74) is 0.712. The van der Waals surface area contributed by atoms with Gasteiger partial charge in [0.1, 0.15) is 11.7 Å². The minimum Gasteiger partial charge on any atom is -0.347 e. The second kappa shape index (κ2) is 4.30. The van der Waals surface area contributed by atoms with E-state index in [1.54, 1.807) is 12.3 Å². The summed E-state index contributed by atoms with van der Waals surface area (Å²) < 4.78 is 1.46. The summed E-state index contributed by atoms with van der Waals surface area (Å²) in [6.45, 7) is 3.75. The SMILES string of the molecule is C=C1CCC(n2c(=O)c3cc(=O)cc4cc[nH]c2c43)C(=O)N1. The standard InChI is InChI=1S/C16H13N3O3/c1-8-2-3-12(15(21)18-8)19-14-13-9(4-5-17-14)6-10(20)7-11(13)16(19)22/h4-7,12,17H,1-3H2,(H,18,21). The Morgan fingerprint density at radius 3 is 2.82 bits per heavy atom. The molecular formula is C16H13N3O3. The lowest BCUT2D eigenvalue weighted by atomic mass is 10.0. The van der Waals surface area contributed by atoms with E-state index >= 15 is 0 Å². The number of nitrogens with one attached hydrogen (secondary N) is 2. The predicted octanol–water partition coefficient (Wildman–Crippen LogP) is 1.25. The predicted molar refractivity (Wildman–Crippen MR) is 83.1 cm³/mol. The van der Waals surface area contributed by atoms with Crippen molar-refractivity contribution in [3.63, 3.8) is 0 Å². The Morgan fingerprint density at radius 2 is 2.05 bits per heavy atom. The summed E-state index contributed by atoms with van der Waals surface area (Å²) in [7, 11) is 0. The van der Waals surface area contributed by atoms with Crippen molar-refractivity contribution < 1.29 is 4.79 Å². The highest BCUT2D eigenvalue weighted by atomic mass is 16.2. The maximum Gasteiger partial charge on any atom is 0.261 e. The van der Waals surface area contributed by atoms with Crippen molar-refractivity contribution >= 4 is 27.7 Å². The third-order valence-corrected chi connectivity index (χ3v) is 4.19. The molecule has 2 N–H and O–H groups in total. The van der Waals surface area contributed by atoms with Crippen molar-refractivity contribution in [2.24, 2.45) is 0 Å². The number of aromatic amines is 1. The zero-order valence-electron chi connectivity index (χ0n) is 11.7. The third-order valence-electron chi connectivity index (χ3n) is 4.19. The molecule has 1 aliphatic rings. The number of rotatable bonds is 1. The van der Waals surface area contributed by atoms with Crippen molar-refractivity contribution in [1.82, 2.24) is 14.9 Å². The molecule has 0 bridgehead atoms. The fourth-order valence-corrected chi connectivity index (χ4v) is 3.21. The van der Waals surface area contributed by atoms with Crippen LogP contribution < -0.4 is 16.3 Å². The van der Waals surface area contributed by atoms with E-state index in [0.717, 1.165) is 0 Å². The maximum atomic E-state index is 12.7. The summed E-state index contributed by atoms with van der Waals surface area (Å²) in [6, 6.07) is 3.99. The molecule has 4 rings (SSSR count). The Kier molecular flexibility index (Phi) is 2.51. The van der Waals surface area contributed by atoms with Gasteiger partial charge < -0.3 is 10.3 Å². The van der Waals surface area contributed by atoms with E-state index in [1.807, 2.05) is 0 Å². The minimum absolute atomic E-state index is 0.212. The molecule has 22 heavy (non-hydrogen) atoms. The minimum atomic E-state index is -0.595. The number of H-pyrrole nitrogens is 1. The first kappa shape index (κ1) is 12.8. The van der Waals surface area contributed by atoms with Gasteiger partial charge in [-0.25, -0.2) is 0 Å². The van der Waals surface area contributed by atoms with E-state index in [4.69, 9.17) is 0 Å². The van der Waals surface area contributed by atoms with Crippen LogP contribution >= 0.6 is 0 Å². The molecular weight excluding hydrogens is 282 g/mol. The molecule has 6 heteroatoms. The molecule has 3 aromatic rings. The smallest absolute Gasteiger partial charge is 0.261 e. The largest absolute Gasteiger partial charge is 0.347 e. The number of hydrogen-bond donors (Lipinski definition) is 2. The first-order valence-corrected chi connectivity index (χ1v) is 7.04. The number of amides is 1. The highest BCUT2D eigenvalue weighted by Crippen LogP contribution is 2.28. The summed E-state index contributed by atoms with van der Waals surface area (Å²) in [4.78, 5) is 39.7. The lowest BCUT2D eigenvalue weighted by Crippen LogP contribution is -2.39. The van der Waals surface area contributed by atoms with Crippen LogP contribution in [0.5, 0.6) is 0 Å². The number of carbonyl (C=O) groups is 1. The average Bonchev–Trinajstić information content (AvgIpc) is 2.74. The molecule has 1 aromatic carbocycles. The third kappa shape index (κ3) is 1.64. The topological polar surface area (TPSA) is 84.0 Å². The second-order valence-electron chi connectivity index (χ2n) is 5.58. The molecule has 1 atom stereocenters. The van der Waals surface area contributed by atoms with Gasteiger partial charge in [-0.3, -0.25) is 19.0 Å². The lowest BCUT2D eigenvalue weighted by molar-refractivity contribution is -0.124. The zero-order chi connectivity index (χ0) is 15.4.